The van der Waals surface area contributed by atoms with Crippen molar-refractivity contribution in [3.8, 4) is 0 Å². The van der Waals surface area contributed by atoms with Crippen LogP contribution >= 0.6 is 0 Å². The molecule has 4 atom stereocenters. The molecule has 0 fully saturated rings. The van der Waals surface area contributed by atoms with Crippen molar-refractivity contribution in [2.24, 2.45) is 0 Å². The Morgan fingerprint density at radius 1 is 1.05 bits per heavy atom. The van der Waals surface area contributed by atoms with E-state index in [0.29, 0.717) is 0 Å². The van der Waals surface area contributed by atoms with Gasteiger partial charge in [0.15, 0.2) is 11.9 Å². The maximum absolute atomic E-state index is 10.1. The van der Waals surface area contributed by atoms with Crippen LogP contribution < -0.4 is 56.5 Å². The molecule has 11 heteroatoms. The monoisotopic (exact) mass is 322 g/mol. The molecule has 0 aliphatic rings. The largest absolute Gasteiger partial charge is 1.00 e. The quantitative estimate of drug-likeness (QED) is 0.202. The molecule has 6 N–H and O–H groups in total. The van der Waals surface area contributed by atoms with E-state index in [9.17, 15) is 19.5 Å². The predicted octanol–water partition coefficient (Wildman–Crippen LogP) is -8.16. The maximum atomic E-state index is 10.1. The van der Waals surface area contributed by atoms with Crippen LogP contribution in [-0.4, -0.2) is 79.4 Å². The summed E-state index contributed by atoms with van der Waals surface area (Å²) in [6.45, 7) is 0.0971. The molecule has 0 rings (SSSR count). The van der Waals surface area contributed by atoms with E-state index in [2.05, 4.69) is 0 Å². The van der Waals surface area contributed by atoms with Crippen LogP contribution in [-0.2, 0) is 14.4 Å². The summed E-state index contributed by atoms with van der Waals surface area (Å²) < 4.78 is 0. The van der Waals surface area contributed by atoms with Crippen molar-refractivity contribution >= 4 is 17.7 Å². The molecule has 0 saturated heterocycles. The number of carboxylic acid groups (broad SMARTS) is 2. The van der Waals surface area contributed by atoms with Gasteiger partial charge in [-0.15, -0.1) is 0 Å². The second-order valence-electron chi connectivity index (χ2n) is 3.36. The van der Waals surface area contributed by atoms with E-state index in [1.807, 2.05) is 0 Å². The zero-order valence-corrected chi connectivity index (χ0v) is 14.0. The van der Waals surface area contributed by atoms with Crippen molar-refractivity contribution in [3.63, 3.8) is 0 Å². The molecule has 10 nitrogen and oxygen atoms in total. The van der Waals surface area contributed by atoms with Gasteiger partial charge in [0.05, 0.1) is 6.61 Å². The van der Waals surface area contributed by atoms with Crippen molar-refractivity contribution in [1.29, 1.82) is 0 Å². The summed E-state index contributed by atoms with van der Waals surface area (Å²) in [6, 6.07) is 0. The normalized spacial score (nSPS) is 15.5. The van der Waals surface area contributed by atoms with E-state index in [-0.39, 0.29) is 51.4 Å². The molecule has 0 unspecified atom stereocenters. The number of aliphatic hydroxyl groups excluding tert-OH is 5. The second-order valence-corrected chi connectivity index (χ2v) is 3.36. The second kappa shape index (κ2) is 12.8. The van der Waals surface area contributed by atoms with Gasteiger partial charge < -0.3 is 40.5 Å². The van der Waals surface area contributed by atoms with Crippen molar-refractivity contribution in [2.75, 3.05) is 6.61 Å². The first-order valence-corrected chi connectivity index (χ1v) is 4.84. The summed E-state index contributed by atoms with van der Waals surface area (Å²) in [4.78, 5) is 28.8. The van der Waals surface area contributed by atoms with Crippen molar-refractivity contribution < 1.29 is 102 Å². The third kappa shape index (κ3) is 10.8. The zero-order chi connectivity index (χ0) is 15.7. The number of carbonyl (C=O) groups excluding carboxylic acids is 2. The molecular formula is C9H15KO10. The van der Waals surface area contributed by atoms with Crippen LogP contribution in [0.15, 0.2) is 0 Å². The molecule has 0 saturated carbocycles. The molecular weight excluding hydrogens is 307 g/mol. The Morgan fingerprint density at radius 2 is 1.40 bits per heavy atom. The number of carbonyl (C=O) groups is 3. The smallest absolute Gasteiger partial charge is 0.542 e. The number of rotatable bonds is 6. The third-order valence-electron chi connectivity index (χ3n) is 1.80. The third-order valence-corrected chi connectivity index (χ3v) is 1.80. The minimum Gasteiger partial charge on any atom is -0.542 e. The van der Waals surface area contributed by atoms with Crippen LogP contribution in [0, 0.1) is 0 Å². The fraction of sp³-hybridized carbons (Fsp3) is 0.667. The Bertz CT molecular complexity index is 308. The van der Waals surface area contributed by atoms with E-state index in [1.165, 1.54) is 0 Å². The minimum absolute atomic E-state index is 0. The van der Waals surface area contributed by atoms with Gasteiger partial charge in [-0.3, -0.25) is 4.79 Å². The van der Waals surface area contributed by atoms with Gasteiger partial charge in [0.1, 0.15) is 24.3 Å². The Hall–Kier alpha value is 0.0464. The number of aliphatic carboxylic acids is 2. The molecule has 0 aromatic heterocycles. The Labute approximate surface area is 156 Å². The van der Waals surface area contributed by atoms with Crippen LogP contribution in [0.5, 0.6) is 0 Å². The van der Waals surface area contributed by atoms with E-state index in [1.54, 1.807) is 0 Å². The van der Waals surface area contributed by atoms with E-state index >= 15 is 0 Å². The van der Waals surface area contributed by atoms with E-state index < -0.39 is 48.7 Å². The molecule has 0 aliphatic carbocycles. The molecule has 0 bridgehead atoms. The van der Waals surface area contributed by atoms with E-state index in [0.717, 1.165) is 6.92 Å². The minimum atomic E-state index is -2.20. The van der Waals surface area contributed by atoms with Gasteiger partial charge in [0, 0.05) is 6.92 Å². The predicted molar refractivity (Wildman–Crippen MR) is 54.4 cm³/mol. The zero-order valence-electron chi connectivity index (χ0n) is 10.8. The van der Waals surface area contributed by atoms with Gasteiger partial charge in [0.2, 0.25) is 0 Å². The molecule has 20 heavy (non-hydrogen) atoms. The summed E-state index contributed by atoms with van der Waals surface area (Å²) in [5, 5.41) is 61.1. The van der Waals surface area contributed by atoms with Crippen LogP contribution in [0.2, 0.25) is 0 Å². The summed E-state index contributed by atoms with van der Waals surface area (Å²) in [5.74, 6) is -4.29. The number of carboxylic acids is 2. The van der Waals surface area contributed by atoms with Crippen molar-refractivity contribution in [3.05, 3.63) is 0 Å². The van der Waals surface area contributed by atoms with Gasteiger partial charge in [0.25, 0.3) is 0 Å². The number of hydrogen-bond donors (Lipinski definition) is 6. The van der Waals surface area contributed by atoms with Crippen LogP contribution in [0.1, 0.15) is 6.92 Å². The van der Waals surface area contributed by atoms with Crippen LogP contribution in [0.3, 0.4) is 0 Å². The first kappa shape index (κ1) is 25.0. The fourth-order valence-electron chi connectivity index (χ4n) is 0.668. The van der Waals surface area contributed by atoms with Crippen molar-refractivity contribution in [1.82, 2.24) is 0 Å². The van der Waals surface area contributed by atoms with Gasteiger partial charge in [-0.1, -0.05) is 0 Å². The van der Waals surface area contributed by atoms with Gasteiger partial charge in [-0.25, -0.2) is 4.79 Å². The number of ketones is 1. The summed E-state index contributed by atoms with van der Waals surface area (Å²) in [6.07, 6.45) is -7.84. The Morgan fingerprint density at radius 3 is 1.60 bits per heavy atom. The standard InChI is InChI=1S/C6H12O7.C3H4O3.K/c7-1-2(8)3(9)4(10)5(11)6(12)13;1-2(4)3(5)6;/h2-5,7-11H,1H2,(H,12,13);1H3,(H,5,6);/q;;+1/p-1/t2-,3+,4+,5-;;/m1../s1. The molecule has 112 valence electrons. The Balaban J connectivity index is -0.000000352. The molecule has 0 heterocycles. The maximum Gasteiger partial charge on any atom is 1.00 e. The number of Topliss-reactive ketones (excluding diaryl/α,β-unsaturated/α-hetero) is 1. The average Bonchev–Trinajstić information content (AvgIpc) is 2.35. The molecule has 0 radical (unpaired) electrons. The summed E-state index contributed by atoms with van der Waals surface area (Å²) in [7, 11) is 0. The number of hydrogen-bond acceptors (Lipinski definition) is 9. The van der Waals surface area contributed by atoms with Crippen LogP contribution in [0.25, 0.3) is 0 Å². The SMILES string of the molecule is CC(=O)C(=O)[O-].O=C(O)[C@H](O)[C@@H](O)[C@@H](O)[C@H](O)CO.[K+]. The first-order chi connectivity index (χ1) is 8.56. The summed E-state index contributed by atoms with van der Waals surface area (Å²) in [5.41, 5.74) is 0. The summed E-state index contributed by atoms with van der Waals surface area (Å²) >= 11 is 0. The molecule has 0 spiro atoms. The fourth-order valence-corrected chi connectivity index (χ4v) is 0.668. The van der Waals surface area contributed by atoms with Gasteiger partial charge >= 0.3 is 57.4 Å². The topological polar surface area (TPSA) is 196 Å². The van der Waals surface area contributed by atoms with Gasteiger partial charge in [-0.05, 0) is 0 Å². The van der Waals surface area contributed by atoms with Gasteiger partial charge in [-0.2, -0.15) is 0 Å². The van der Waals surface area contributed by atoms with Crippen molar-refractivity contribution in [2.45, 2.75) is 31.3 Å². The molecule has 0 amide bonds. The number of aliphatic hydroxyl groups is 5. The van der Waals surface area contributed by atoms with Crippen LogP contribution in [0.4, 0.5) is 0 Å². The first-order valence-electron chi connectivity index (χ1n) is 4.84. The molecule has 0 aromatic carbocycles. The Kier molecular flexibility index (Phi) is 16.0. The molecule has 0 aromatic rings. The van der Waals surface area contributed by atoms with E-state index in [4.69, 9.17) is 30.6 Å². The average molecular weight is 322 g/mol. The molecule has 0 aliphatic heterocycles.